The molecule has 2 rings (SSSR count). The third-order valence-corrected chi connectivity index (χ3v) is 4.01. The second-order valence-corrected chi connectivity index (χ2v) is 5.58. The number of amides is 1. The van der Waals surface area contributed by atoms with Crippen LogP contribution >= 0.6 is 11.3 Å². The summed E-state index contributed by atoms with van der Waals surface area (Å²) in [7, 11) is 1.65. The van der Waals surface area contributed by atoms with Crippen molar-refractivity contribution in [2.24, 2.45) is 0 Å². The van der Waals surface area contributed by atoms with E-state index in [0.29, 0.717) is 30.5 Å². The van der Waals surface area contributed by atoms with Crippen molar-refractivity contribution in [3.63, 3.8) is 0 Å². The van der Waals surface area contributed by atoms with Gasteiger partial charge >= 0.3 is 0 Å². The molecule has 0 bridgehead atoms. The quantitative estimate of drug-likeness (QED) is 0.813. The molecule has 5 heteroatoms. The zero-order valence-electron chi connectivity index (χ0n) is 11.6. The van der Waals surface area contributed by atoms with Crippen LogP contribution in [0, 0.1) is 11.8 Å². The lowest BCUT2D eigenvalue weighted by molar-refractivity contribution is 0.0685. The highest BCUT2D eigenvalue weighted by atomic mass is 32.1. The first-order chi connectivity index (χ1) is 9.77. The molecule has 1 fully saturated rings. The Bertz CT molecular complexity index is 511. The van der Waals surface area contributed by atoms with Crippen molar-refractivity contribution in [1.82, 2.24) is 4.90 Å². The number of aliphatic hydroxyl groups excluding tert-OH is 1. The summed E-state index contributed by atoms with van der Waals surface area (Å²) in [5.74, 6) is 5.89. The number of ether oxygens (including phenoxy) is 1. The van der Waals surface area contributed by atoms with E-state index in [1.807, 2.05) is 16.3 Å². The summed E-state index contributed by atoms with van der Waals surface area (Å²) in [4.78, 5) is 15.2. The topological polar surface area (TPSA) is 49.8 Å². The summed E-state index contributed by atoms with van der Waals surface area (Å²) in [5.41, 5.74) is 0.761. The number of methoxy groups -OCH3 is 1. The Hall–Kier alpha value is -1.35. The molecule has 4 nitrogen and oxygen atoms in total. The second-order valence-electron chi connectivity index (χ2n) is 4.66. The minimum absolute atomic E-state index is 0.0441. The summed E-state index contributed by atoms with van der Waals surface area (Å²) in [6.45, 7) is 1.23. The van der Waals surface area contributed by atoms with Crippen LogP contribution in [0.4, 0.5) is 0 Å². The lowest BCUT2D eigenvalue weighted by atomic mass is 10.2. The number of rotatable bonds is 6. The summed E-state index contributed by atoms with van der Waals surface area (Å²) in [5, 5.41) is 10.6. The molecule has 108 valence electrons. The number of nitrogens with zero attached hydrogens (tertiary/aromatic N) is 1. The Labute approximate surface area is 123 Å². The highest BCUT2D eigenvalue weighted by Gasteiger charge is 2.33. The van der Waals surface area contributed by atoms with Crippen LogP contribution in [0.1, 0.15) is 34.5 Å². The van der Waals surface area contributed by atoms with Crippen LogP contribution in [0.15, 0.2) is 11.4 Å². The van der Waals surface area contributed by atoms with E-state index in [0.717, 1.165) is 18.4 Å². The van der Waals surface area contributed by atoms with Gasteiger partial charge < -0.3 is 14.7 Å². The second kappa shape index (κ2) is 7.44. The van der Waals surface area contributed by atoms with E-state index >= 15 is 0 Å². The van der Waals surface area contributed by atoms with E-state index in [2.05, 4.69) is 11.8 Å². The van der Waals surface area contributed by atoms with Crippen LogP contribution in [0.5, 0.6) is 0 Å². The molecule has 1 aromatic rings. The number of hydrogen-bond acceptors (Lipinski definition) is 4. The van der Waals surface area contributed by atoms with Crippen molar-refractivity contribution in [2.75, 3.05) is 26.9 Å². The molecule has 0 spiro atoms. The molecule has 0 aromatic carbocycles. The third kappa shape index (κ3) is 3.83. The van der Waals surface area contributed by atoms with Gasteiger partial charge in [0.15, 0.2) is 0 Å². The molecule has 20 heavy (non-hydrogen) atoms. The summed E-state index contributed by atoms with van der Waals surface area (Å²) in [6, 6.07) is 2.22. The SMILES string of the molecule is COCCN(C(=O)c1sccc1C#CCCO)C1CC1. The van der Waals surface area contributed by atoms with Crippen molar-refractivity contribution in [3.8, 4) is 11.8 Å². The average Bonchev–Trinajstić information content (AvgIpc) is 3.18. The van der Waals surface area contributed by atoms with Crippen molar-refractivity contribution in [2.45, 2.75) is 25.3 Å². The molecule has 1 heterocycles. The van der Waals surface area contributed by atoms with E-state index in [4.69, 9.17) is 9.84 Å². The average molecular weight is 293 g/mol. The molecule has 0 atom stereocenters. The van der Waals surface area contributed by atoms with Crippen LogP contribution < -0.4 is 0 Å². The molecule has 0 saturated heterocycles. The van der Waals surface area contributed by atoms with Crippen LogP contribution in [0.3, 0.4) is 0 Å². The van der Waals surface area contributed by atoms with Gasteiger partial charge in [0.25, 0.3) is 5.91 Å². The maximum atomic E-state index is 12.6. The number of hydrogen-bond donors (Lipinski definition) is 1. The molecule has 1 N–H and O–H groups in total. The van der Waals surface area contributed by atoms with Crippen LogP contribution in [0.25, 0.3) is 0 Å². The number of carbonyl (C=O) groups excluding carboxylic acids is 1. The summed E-state index contributed by atoms with van der Waals surface area (Å²) in [6.07, 6.45) is 2.58. The molecular formula is C15H19NO3S. The van der Waals surface area contributed by atoms with E-state index in [1.54, 1.807) is 7.11 Å². The fourth-order valence-corrected chi connectivity index (χ4v) is 2.75. The minimum Gasteiger partial charge on any atom is -0.395 e. The predicted octanol–water partition coefficient (Wildman–Crippen LogP) is 1.73. The summed E-state index contributed by atoms with van der Waals surface area (Å²) < 4.78 is 5.08. The van der Waals surface area contributed by atoms with Gasteiger partial charge in [0.2, 0.25) is 0 Å². The van der Waals surface area contributed by atoms with Gasteiger partial charge in [-0.1, -0.05) is 11.8 Å². The standard InChI is InChI=1S/C15H19NO3S/c1-19-10-8-16(13-5-6-13)15(18)14-12(7-11-20-14)4-2-3-9-17/h7,11,13,17H,3,5-6,8-10H2,1H3. The van der Waals surface area contributed by atoms with Crippen LogP contribution in [-0.4, -0.2) is 48.8 Å². The molecule has 0 unspecified atom stereocenters. The molecule has 0 radical (unpaired) electrons. The van der Waals surface area contributed by atoms with Gasteiger partial charge in [-0.05, 0) is 24.3 Å². The van der Waals surface area contributed by atoms with Gasteiger partial charge in [0, 0.05) is 31.7 Å². The summed E-state index contributed by atoms with van der Waals surface area (Å²) >= 11 is 1.43. The van der Waals surface area contributed by atoms with Gasteiger partial charge in [0.1, 0.15) is 4.88 Å². The van der Waals surface area contributed by atoms with E-state index in [-0.39, 0.29) is 12.5 Å². The van der Waals surface area contributed by atoms with Gasteiger partial charge in [0.05, 0.1) is 13.2 Å². The van der Waals surface area contributed by atoms with Gasteiger partial charge in [-0.25, -0.2) is 0 Å². The molecule has 1 amide bonds. The molecule has 1 saturated carbocycles. The molecular weight excluding hydrogens is 274 g/mol. The normalized spacial score (nSPS) is 13.7. The maximum Gasteiger partial charge on any atom is 0.265 e. The first kappa shape index (κ1) is 15.0. The smallest absolute Gasteiger partial charge is 0.265 e. The van der Waals surface area contributed by atoms with Crippen molar-refractivity contribution >= 4 is 17.2 Å². The highest BCUT2D eigenvalue weighted by Crippen LogP contribution is 2.29. The number of carbonyl (C=O) groups is 1. The van der Waals surface area contributed by atoms with Crippen molar-refractivity contribution in [1.29, 1.82) is 0 Å². The highest BCUT2D eigenvalue weighted by molar-refractivity contribution is 7.12. The Kier molecular flexibility index (Phi) is 5.60. The fourth-order valence-electron chi connectivity index (χ4n) is 1.94. The Morgan fingerprint density at radius 3 is 3.05 bits per heavy atom. The predicted molar refractivity (Wildman–Crippen MR) is 78.8 cm³/mol. The monoisotopic (exact) mass is 293 g/mol. The lowest BCUT2D eigenvalue weighted by Gasteiger charge is -2.21. The lowest BCUT2D eigenvalue weighted by Crippen LogP contribution is -2.35. The molecule has 1 aliphatic carbocycles. The van der Waals surface area contributed by atoms with Crippen molar-refractivity contribution < 1.29 is 14.6 Å². The first-order valence-electron chi connectivity index (χ1n) is 6.75. The number of thiophene rings is 1. The zero-order chi connectivity index (χ0) is 14.4. The van der Waals surface area contributed by atoms with E-state index in [9.17, 15) is 4.79 Å². The zero-order valence-corrected chi connectivity index (χ0v) is 12.4. The fraction of sp³-hybridized carbons (Fsp3) is 0.533. The van der Waals surface area contributed by atoms with Gasteiger partial charge in [-0.2, -0.15) is 0 Å². The molecule has 0 aliphatic heterocycles. The van der Waals surface area contributed by atoms with Gasteiger partial charge in [-0.3, -0.25) is 4.79 Å². The van der Waals surface area contributed by atoms with Gasteiger partial charge in [-0.15, -0.1) is 11.3 Å². The van der Waals surface area contributed by atoms with E-state index < -0.39 is 0 Å². The van der Waals surface area contributed by atoms with Crippen molar-refractivity contribution in [3.05, 3.63) is 21.9 Å². The molecule has 1 aromatic heterocycles. The van der Waals surface area contributed by atoms with Crippen LogP contribution in [-0.2, 0) is 4.74 Å². The maximum absolute atomic E-state index is 12.6. The molecule has 1 aliphatic rings. The van der Waals surface area contributed by atoms with E-state index in [1.165, 1.54) is 11.3 Å². The Morgan fingerprint density at radius 2 is 2.40 bits per heavy atom. The number of aliphatic hydroxyl groups is 1. The third-order valence-electron chi connectivity index (χ3n) is 3.10. The first-order valence-corrected chi connectivity index (χ1v) is 7.63. The minimum atomic E-state index is 0.0441. The van der Waals surface area contributed by atoms with Crippen LogP contribution in [0.2, 0.25) is 0 Å². The Balaban J connectivity index is 2.11. The Morgan fingerprint density at radius 1 is 1.60 bits per heavy atom. The largest absolute Gasteiger partial charge is 0.395 e.